The molecule has 1 aliphatic rings. The summed E-state index contributed by atoms with van der Waals surface area (Å²) in [5.74, 6) is -0.994. The smallest absolute Gasteiger partial charge is 0.261 e. The number of halogens is 1. The molecule has 22 heavy (non-hydrogen) atoms. The molecule has 0 aromatic heterocycles. The van der Waals surface area contributed by atoms with Gasteiger partial charge in [-0.2, -0.15) is 0 Å². The summed E-state index contributed by atoms with van der Waals surface area (Å²) in [4.78, 5) is 25.4. The Labute approximate surface area is 135 Å². The van der Waals surface area contributed by atoms with E-state index in [2.05, 4.69) is 0 Å². The van der Waals surface area contributed by atoms with E-state index in [0.29, 0.717) is 17.5 Å². The van der Waals surface area contributed by atoms with E-state index in [1.54, 1.807) is 24.3 Å². The van der Waals surface area contributed by atoms with Crippen molar-refractivity contribution in [2.45, 2.75) is 25.1 Å². The number of carbonyl (C=O) groups excluding carboxylic acids is 2. The van der Waals surface area contributed by atoms with Crippen LogP contribution in [0.3, 0.4) is 0 Å². The highest BCUT2D eigenvalue weighted by Crippen LogP contribution is 2.23. The van der Waals surface area contributed by atoms with Gasteiger partial charge < -0.3 is 0 Å². The zero-order chi connectivity index (χ0) is 16.3. The lowest BCUT2D eigenvalue weighted by atomic mass is 10.1. The van der Waals surface area contributed by atoms with Crippen LogP contribution in [0.4, 0.5) is 0 Å². The van der Waals surface area contributed by atoms with Gasteiger partial charge in [0.2, 0.25) is 0 Å². The minimum absolute atomic E-state index is 0.0782. The number of unbranched alkanes of at least 4 members (excludes halogenated alkanes) is 1. The van der Waals surface area contributed by atoms with Crippen LogP contribution in [-0.2, 0) is 9.84 Å². The average Bonchev–Trinajstić information content (AvgIpc) is 2.70. The average molecular weight is 344 g/mol. The van der Waals surface area contributed by atoms with Crippen LogP contribution in [0.25, 0.3) is 0 Å². The monoisotopic (exact) mass is 343 g/mol. The van der Waals surface area contributed by atoms with Gasteiger partial charge in [0.05, 0.1) is 28.0 Å². The van der Waals surface area contributed by atoms with E-state index in [4.69, 9.17) is 11.6 Å². The second-order valence-electron chi connectivity index (χ2n) is 5.33. The molecule has 1 aromatic rings. The van der Waals surface area contributed by atoms with E-state index in [1.165, 1.54) is 0 Å². The summed E-state index contributed by atoms with van der Waals surface area (Å²) in [5.41, 5.74) is 0.676. The Hall–Kier alpha value is -1.40. The lowest BCUT2D eigenvalue weighted by Gasteiger charge is -2.17. The summed E-state index contributed by atoms with van der Waals surface area (Å²) < 4.78 is 23.8. The molecule has 0 bridgehead atoms. The Morgan fingerprint density at radius 2 is 1.68 bits per heavy atom. The molecule has 0 saturated heterocycles. The van der Waals surface area contributed by atoms with Crippen molar-refractivity contribution >= 4 is 33.3 Å². The maximum absolute atomic E-state index is 12.2. The van der Waals surface area contributed by atoms with Gasteiger partial charge in [-0.1, -0.05) is 25.5 Å². The molecule has 2 rings (SSSR count). The molecule has 1 atom stereocenters. The Morgan fingerprint density at radius 1 is 1.14 bits per heavy atom. The van der Waals surface area contributed by atoms with Crippen LogP contribution in [0.2, 0.25) is 0 Å². The van der Waals surface area contributed by atoms with Crippen molar-refractivity contribution in [1.29, 1.82) is 0 Å². The number of carbonyl (C=O) groups is 2. The number of benzene rings is 1. The van der Waals surface area contributed by atoms with E-state index < -0.39 is 27.0 Å². The van der Waals surface area contributed by atoms with Gasteiger partial charge >= 0.3 is 0 Å². The molecular weight excluding hydrogens is 326 g/mol. The highest BCUT2D eigenvalue weighted by atomic mass is 35.5. The standard InChI is InChI=1S/C15H18ClNO4S/c1-2-3-8-22(20,21)10-11(16)9-17-14(18)12-6-4-5-7-13(12)15(17)19/h4-7,11H,2-3,8-10H2,1H3. The van der Waals surface area contributed by atoms with Crippen LogP contribution in [-0.4, -0.2) is 48.6 Å². The molecular formula is C15H18ClNO4S. The predicted molar refractivity (Wildman–Crippen MR) is 85.0 cm³/mol. The van der Waals surface area contributed by atoms with Gasteiger partial charge in [0.25, 0.3) is 11.8 Å². The van der Waals surface area contributed by atoms with Gasteiger partial charge in [0.15, 0.2) is 9.84 Å². The van der Waals surface area contributed by atoms with Gasteiger partial charge in [-0.3, -0.25) is 14.5 Å². The number of sulfone groups is 1. The molecule has 0 spiro atoms. The number of imide groups is 1. The minimum Gasteiger partial charge on any atom is -0.273 e. The summed E-state index contributed by atoms with van der Waals surface area (Å²) in [5, 5.41) is -0.802. The normalized spacial score (nSPS) is 16.0. The quantitative estimate of drug-likeness (QED) is 0.561. The van der Waals surface area contributed by atoms with Crippen molar-refractivity contribution in [2.75, 3.05) is 18.1 Å². The zero-order valence-corrected chi connectivity index (χ0v) is 13.9. The molecule has 0 saturated carbocycles. The van der Waals surface area contributed by atoms with Crippen molar-refractivity contribution in [2.24, 2.45) is 0 Å². The fraction of sp³-hybridized carbons (Fsp3) is 0.467. The lowest BCUT2D eigenvalue weighted by Crippen LogP contribution is -2.37. The van der Waals surface area contributed by atoms with Crippen LogP contribution < -0.4 is 0 Å². The third-order valence-electron chi connectivity index (χ3n) is 3.50. The summed E-state index contributed by atoms with van der Waals surface area (Å²) in [6, 6.07) is 6.52. The zero-order valence-electron chi connectivity index (χ0n) is 12.3. The SMILES string of the molecule is CCCCS(=O)(=O)CC(Cl)CN1C(=O)c2ccccc2C1=O. The van der Waals surface area contributed by atoms with E-state index >= 15 is 0 Å². The molecule has 1 aliphatic heterocycles. The fourth-order valence-corrected chi connectivity index (χ4v) is 4.64. The molecule has 1 unspecified atom stereocenters. The summed E-state index contributed by atoms with van der Waals surface area (Å²) in [6.45, 7) is 1.81. The first kappa shape index (κ1) is 17.0. The molecule has 120 valence electrons. The number of amides is 2. The third kappa shape index (κ3) is 3.67. The molecule has 5 nitrogen and oxygen atoms in total. The number of hydrogen-bond donors (Lipinski definition) is 0. The van der Waals surface area contributed by atoms with Crippen molar-refractivity contribution in [1.82, 2.24) is 4.90 Å². The number of alkyl halides is 1. The van der Waals surface area contributed by atoms with E-state index in [0.717, 1.165) is 11.3 Å². The first-order valence-electron chi connectivity index (χ1n) is 7.15. The molecule has 0 fully saturated rings. The van der Waals surface area contributed by atoms with Crippen molar-refractivity contribution in [3.8, 4) is 0 Å². The van der Waals surface area contributed by atoms with Crippen LogP contribution in [0.15, 0.2) is 24.3 Å². The van der Waals surface area contributed by atoms with Crippen molar-refractivity contribution < 1.29 is 18.0 Å². The van der Waals surface area contributed by atoms with Gasteiger partial charge in [-0.05, 0) is 18.6 Å². The van der Waals surface area contributed by atoms with Crippen molar-refractivity contribution in [3.05, 3.63) is 35.4 Å². The number of hydrogen-bond acceptors (Lipinski definition) is 4. The first-order chi connectivity index (χ1) is 10.4. The molecule has 0 N–H and O–H groups in total. The second kappa shape index (κ2) is 6.79. The number of fused-ring (bicyclic) bond motifs is 1. The maximum atomic E-state index is 12.2. The number of rotatable bonds is 7. The topological polar surface area (TPSA) is 71.5 Å². The lowest BCUT2D eigenvalue weighted by molar-refractivity contribution is 0.0655. The molecule has 1 aromatic carbocycles. The summed E-state index contributed by atoms with van der Waals surface area (Å²) in [6.07, 6.45) is 1.36. The Balaban J connectivity index is 2.03. The van der Waals surface area contributed by atoms with Gasteiger partial charge in [0.1, 0.15) is 0 Å². The Morgan fingerprint density at radius 3 is 2.18 bits per heavy atom. The minimum atomic E-state index is -3.27. The molecule has 2 amide bonds. The van der Waals surface area contributed by atoms with Gasteiger partial charge in [-0.15, -0.1) is 11.6 Å². The maximum Gasteiger partial charge on any atom is 0.261 e. The molecule has 0 radical (unpaired) electrons. The third-order valence-corrected chi connectivity index (χ3v) is 5.80. The van der Waals surface area contributed by atoms with Crippen LogP contribution in [0.1, 0.15) is 40.5 Å². The second-order valence-corrected chi connectivity index (χ2v) is 8.18. The molecule has 1 heterocycles. The van der Waals surface area contributed by atoms with E-state index in [1.807, 2.05) is 6.92 Å². The van der Waals surface area contributed by atoms with E-state index in [-0.39, 0.29) is 18.1 Å². The summed E-state index contributed by atoms with van der Waals surface area (Å²) in [7, 11) is -3.27. The Kier molecular flexibility index (Phi) is 5.24. The van der Waals surface area contributed by atoms with E-state index in [9.17, 15) is 18.0 Å². The Bertz CT molecular complexity index is 652. The van der Waals surface area contributed by atoms with Crippen molar-refractivity contribution in [3.63, 3.8) is 0 Å². The van der Waals surface area contributed by atoms with Crippen LogP contribution in [0.5, 0.6) is 0 Å². The predicted octanol–water partition coefficient (Wildman–Crippen LogP) is 2.10. The number of nitrogens with zero attached hydrogens (tertiary/aromatic N) is 1. The van der Waals surface area contributed by atoms with Gasteiger partial charge in [0, 0.05) is 6.54 Å². The highest BCUT2D eigenvalue weighted by molar-refractivity contribution is 7.91. The van der Waals surface area contributed by atoms with Crippen LogP contribution >= 0.6 is 11.6 Å². The van der Waals surface area contributed by atoms with Crippen LogP contribution in [0, 0.1) is 0 Å². The molecule has 7 heteroatoms. The molecule has 0 aliphatic carbocycles. The summed E-state index contributed by atoms with van der Waals surface area (Å²) >= 11 is 6.07. The fourth-order valence-electron chi connectivity index (χ4n) is 2.38. The van der Waals surface area contributed by atoms with Gasteiger partial charge in [-0.25, -0.2) is 8.42 Å². The highest BCUT2D eigenvalue weighted by Gasteiger charge is 2.36. The first-order valence-corrected chi connectivity index (χ1v) is 9.41. The largest absolute Gasteiger partial charge is 0.273 e.